The number of nitrogens with zero attached hydrogens (tertiary/aromatic N) is 2. The molecule has 0 radical (unpaired) electrons. The highest BCUT2D eigenvalue weighted by Crippen LogP contribution is 2.21. The highest BCUT2D eigenvalue weighted by atomic mass is 32.1. The molecule has 0 saturated carbocycles. The number of aryl methyl sites for hydroxylation is 1. The van der Waals surface area contributed by atoms with Crippen LogP contribution in [0, 0.1) is 6.92 Å². The quantitative estimate of drug-likeness (QED) is 0.651. The van der Waals surface area contributed by atoms with Crippen molar-refractivity contribution >= 4 is 33.9 Å². The summed E-state index contributed by atoms with van der Waals surface area (Å²) in [6.07, 6.45) is 0.241. The number of pyridine rings is 1. The monoisotopic (exact) mass is 366 g/mol. The van der Waals surface area contributed by atoms with E-state index in [1.54, 1.807) is 0 Å². The molecule has 0 atom stereocenters. The summed E-state index contributed by atoms with van der Waals surface area (Å²) >= 11 is 1.46. The molecular formula is C20H22N4OS. The fourth-order valence-electron chi connectivity index (χ4n) is 2.49. The summed E-state index contributed by atoms with van der Waals surface area (Å²) in [5.74, 6) is 1.15. The lowest BCUT2D eigenvalue weighted by atomic mass is 10.0. The molecule has 0 spiro atoms. The van der Waals surface area contributed by atoms with E-state index in [0.29, 0.717) is 5.92 Å². The van der Waals surface area contributed by atoms with Crippen LogP contribution in [0.3, 0.4) is 0 Å². The van der Waals surface area contributed by atoms with Crippen LogP contribution in [-0.4, -0.2) is 15.9 Å². The molecule has 134 valence electrons. The summed E-state index contributed by atoms with van der Waals surface area (Å²) in [4.78, 5) is 21.1. The molecule has 0 fully saturated rings. The van der Waals surface area contributed by atoms with Crippen LogP contribution in [0.5, 0.6) is 0 Å². The molecule has 3 aromatic rings. The summed E-state index contributed by atoms with van der Waals surface area (Å²) in [5, 5.41) is 8.70. The lowest BCUT2D eigenvalue weighted by Gasteiger charge is -2.08. The number of hydrogen-bond acceptors (Lipinski definition) is 5. The Bertz CT molecular complexity index is 887. The van der Waals surface area contributed by atoms with E-state index in [4.69, 9.17) is 0 Å². The van der Waals surface area contributed by atoms with Gasteiger partial charge in [-0.05, 0) is 42.7 Å². The molecule has 6 heteroatoms. The molecule has 0 aliphatic heterocycles. The summed E-state index contributed by atoms with van der Waals surface area (Å²) in [6.45, 7) is 6.23. The first-order valence-electron chi connectivity index (χ1n) is 8.54. The number of aromatic nitrogens is 2. The number of carbonyl (C=O) groups is 1. The third-order valence-corrected chi connectivity index (χ3v) is 4.68. The van der Waals surface area contributed by atoms with Gasteiger partial charge in [-0.1, -0.05) is 32.0 Å². The van der Waals surface area contributed by atoms with Gasteiger partial charge in [-0.15, -0.1) is 11.3 Å². The summed E-state index contributed by atoms with van der Waals surface area (Å²) in [5.41, 5.74) is 3.73. The second-order valence-electron chi connectivity index (χ2n) is 6.43. The van der Waals surface area contributed by atoms with E-state index >= 15 is 0 Å². The molecule has 1 aromatic carbocycles. The van der Waals surface area contributed by atoms with Crippen LogP contribution in [0.15, 0.2) is 47.8 Å². The minimum Gasteiger partial charge on any atom is -0.326 e. The zero-order valence-electron chi connectivity index (χ0n) is 15.1. The molecule has 0 saturated heterocycles. The number of anilines is 3. The van der Waals surface area contributed by atoms with E-state index in [2.05, 4.69) is 34.4 Å². The van der Waals surface area contributed by atoms with Gasteiger partial charge in [0.2, 0.25) is 5.91 Å². The largest absolute Gasteiger partial charge is 0.326 e. The van der Waals surface area contributed by atoms with Gasteiger partial charge in [0, 0.05) is 16.8 Å². The molecule has 0 aliphatic carbocycles. The number of thiazole rings is 1. The van der Waals surface area contributed by atoms with Gasteiger partial charge in [-0.25, -0.2) is 9.97 Å². The predicted molar refractivity (Wildman–Crippen MR) is 107 cm³/mol. The Morgan fingerprint density at radius 1 is 1.12 bits per heavy atom. The minimum atomic E-state index is -0.0761. The highest BCUT2D eigenvalue weighted by Gasteiger charge is 2.09. The van der Waals surface area contributed by atoms with Crippen molar-refractivity contribution in [3.8, 4) is 0 Å². The maximum absolute atomic E-state index is 12.2. The lowest BCUT2D eigenvalue weighted by molar-refractivity contribution is -0.115. The second-order valence-corrected chi connectivity index (χ2v) is 7.29. The van der Waals surface area contributed by atoms with Crippen molar-refractivity contribution in [1.29, 1.82) is 0 Å². The van der Waals surface area contributed by atoms with E-state index in [0.717, 1.165) is 28.0 Å². The van der Waals surface area contributed by atoms with Gasteiger partial charge in [0.25, 0.3) is 0 Å². The zero-order valence-corrected chi connectivity index (χ0v) is 15.9. The molecule has 0 aliphatic rings. The van der Waals surface area contributed by atoms with E-state index in [1.807, 2.05) is 54.8 Å². The number of nitrogens with one attached hydrogen (secondary N) is 2. The van der Waals surface area contributed by atoms with Crippen molar-refractivity contribution in [3.05, 3.63) is 64.8 Å². The molecule has 1 amide bonds. The van der Waals surface area contributed by atoms with Crippen LogP contribution in [0.4, 0.5) is 16.6 Å². The normalized spacial score (nSPS) is 10.8. The molecule has 2 N–H and O–H groups in total. The van der Waals surface area contributed by atoms with E-state index in [1.165, 1.54) is 16.9 Å². The highest BCUT2D eigenvalue weighted by molar-refractivity contribution is 7.13. The van der Waals surface area contributed by atoms with Gasteiger partial charge in [0.15, 0.2) is 5.13 Å². The van der Waals surface area contributed by atoms with Crippen LogP contribution in [0.25, 0.3) is 0 Å². The third-order valence-electron chi connectivity index (χ3n) is 3.88. The fraction of sp³-hybridized carbons (Fsp3) is 0.250. The van der Waals surface area contributed by atoms with Gasteiger partial charge in [0.05, 0.1) is 12.1 Å². The molecule has 3 rings (SSSR count). The summed E-state index contributed by atoms with van der Waals surface area (Å²) < 4.78 is 0. The first-order chi connectivity index (χ1) is 12.5. The van der Waals surface area contributed by atoms with Crippen LogP contribution < -0.4 is 10.6 Å². The topological polar surface area (TPSA) is 66.9 Å². The molecular weight excluding hydrogens is 344 g/mol. The van der Waals surface area contributed by atoms with Crippen molar-refractivity contribution < 1.29 is 4.79 Å². The molecule has 0 unspecified atom stereocenters. The van der Waals surface area contributed by atoms with Gasteiger partial charge >= 0.3 is 0 Å². The molecule has 0 bridgehead atoms. The van der Waals surface area contributed by atoms with Crippen molar-refractivity contribution in [1.82, 2.24) is 9.97 Å². The maximum atomic E-state index is 12.2. The van der Waals surface area contributed by atoms with Crippen molar-refractivity contribution in [2.45, 2.75) is 33.1 Å². The Labute approximate surface area is 157 Å². The number of hydrogen-bond donors (Lipinski definition) is 2. The molecule has 2 aromatic heterocycles. The summed E-state index contributed by atoms with van der Waals surface area (Å²) in [6, 6.07) is 13.7. The molecule has 26 heavy (non-hydrogen) atoms. The fourth-order valence-corrected chi connectivity index (χ4v) is 3.21. The average Bonchev–Trinajstić information content (AvgIpc) is 3.02. The van der Waals surface area contributed by atoms with Crippen molar-refractivity contribution in [3.63, 3.8) is 0 Å². The first kappa shape index (κ1) is 18.1. The Kier molecular flexibility index (Phi) is 5.63. The van der Waals surface area contributed by atoms with Gasteiger partial charge in [-0.2, -0.15) is 0 Å². The van der Waals surface area contributed by atoms with Crippen molar-refractivity contribution in [2.75, 3.05) is 10.6 Å². The Hall–Kier alpha value is -2.73. The van der Waals surface area contributed by atoms with Gasteiger partial charge < -0.3 is 10.6 Å². The average molecular weight is 366 g/mol. The Morgan fingerprint density at radius 3 is 2.58 bits per heavy atom. The predicted octanol–water partition coefficient (Wildman–Crippen LogP) is 4.89. The van der Waals surface area contributed by atoms with E-state index < -0.39 is 0 Å². The number of carbonyl (C=O) groups excluding carboxylic acids is 1. The van der Waals surface area contributed by atoms with Crippen LogP contribution in [-0.2, 0) is 11.2 Å². The second kappa shape index (κ2) is 8.10. The minimum absolute atomic E-state index is 0.0761. The Balaban J connectivity index is 1.57. The smallest absolute Gasteiger partial charge is 0.230 e. The number of benzene rings is 1. The third kappa shape index (κ3) is 4.89. The van der Waals surface area contributed by atoms with Gasteiger partial charge in [-0.3, -0.25) is 4.79 Å². The van der Waals surface area contributed by atoms with E-state index in [-0.39, 0.29) is 12.3 Å². The maximum Gasteiger partial charge on any atom is 0.230 e. The van der Waals surface area contributed by atoms with Crippen LogP contribution >= 0.6 is 11.3 Å². The van der Waals surface area contributed by atoms with Crippen LogP contribution in [0.2, 0.25) is 0 Å². The Morgan fingerprint density at radius 2 is 1.88 bits per heavy atom. The first-order valence-corrected chi connectivity index (χ1v) is 9.42. The summed E-state index contributed by atoms with van der Waals surface area (Å²) in [7, 11) is 0. The number of amides is 1. The molecule has 5 nitrogen and oxygen atoms in total. The standard InChI is InChI=1S/C20H22N4OS/c1-13(2)15-7-9-16(10-8-15)22-19(25)11-17-12-26-20(23-17)24-18-6-4-5-14(3)21-18/h4-10,12-13H,11H2,1-3H3,(H,22,25)(H,21,23,24). The SMILES string of the molecule is Cc1cccc(Nc2nc(CC(=O)Nc3ccc(C(C)C)cc3)cs2)n1. The van der Waals surface area contributed by atoms with Crippen molar-refractivity contribution in [2.24, 2.45) is 0 Å². The van der Waals surface area contributed by atoms with Gasteiger partial charge in [0.1, 0.15) is 5.82 Å². The van der Waals surface area contributed by atoms with E-state index in [9.17, 15) is 4.79 Å². The number of rotatable bonds is 6. The lowest BCUT2D eigenvalue weighted by Crippen LogP contribution is -2.14. The van der Waals surface area contributed by atoms with Crippen LogP contribution in [0.1, 0.15) is 36.7 Å². The molecule has 2 heterocycles. The zero-order chi connectivity index (χ0) is 18.5.